The lowest BCUT2D eigenvalue weighted by Crippen LogP contribution is -2.24. The first-order valence-electron chi connectivity index (χ1n) is 9.87. The Balaban J connectivity index is 1.56. The van der Waals surface area contributed by atoms with Crippen molar-refractivity contribution >= 4 is 28.3 Å². The van der Waals surface area contributed by atoms with Crippen molar-refractivity contribution in [1.29, 1.82) is 0 Å². The van der Waals surface area contributed by atoms with Gasteiger partial charge in [-0.05, 0) is 43.2 Å². The second kappa shape index (κ2) is 7.07. The van der Waals surface area contributed by atoms with E-state index in [1.54, 1.807) is 6.20 Å². The van der Waals surface area contributed by atoms with E-state index >= 15 is 0 Å². The Bertz CT molecular complexity index is 1130. The van der Waals surface area contributed by atoms with Crippen molar-refractivity contribution in [2.75, 3.05) is 17.7 Å². The number of rotatable bonds is 4. The third-order valence-electron chi connectivity index (χ3n) is 5.42. The van der Waals surface area contributed by atoms with E-state index in [0.717, 1.165) is 33.6 Å². The summed E-state index contributed by atoms with van der Waals surface area (Å²) in [5.74, 6) is 1.46. The molecule has 4 aromatic heterocycles. The number of hydrogen-bond acceptors (Lipinski definition) is 6. The largest absolute Gasteiger partial charge is 0.371 e. The molecule has 1 aliphatic carbocycles. The maximum absolute atomic E-state index is 4.78. The smallest absolute Gasteiger partial charge is 0.243 e. The average molecular weight is 373 g/mol. The summed E-state index contributed by atoms with van der Waals surface area (Å²) in [6, 6.07) is 10.4. The van der Waals surface area contributed by atoms with Crippen LogP contribution in [0.2, 0.25) is 0 Å². The van der Waals surface area contributed by atoms with E-state index in [2.05, 4.69) is 15.6 Å². The first kappa shape index (κ1) is 16.9. The van der Waals surface area contributed by atoms with Gasteiger partial charge in [0.05, 0.1) is 16.7 Å². The molecule has 0 spiro atoms. The van der Waals surface area contributed by atoms with Gasteiger partial charge in [-0.1, -0.05) is 19.3 Å². The molecule has 0 unspecified atom stereocenters. The van der Waals surface area contributed by atoms with Gasteiger partial charge in [-0.15, -0.1) is 5.10 Å². The van der Waals surface area contributed by atoms with Crippen molar-refractivity contribution in [3.8, 4) is 11.3 Å². The maximum atomic E-state index is 4.78. The molecule has 0 saturated heterocycles. The zero-order valence-corrected chi connectivity index (χ0v) is 15.9. The van der Waals surface area contributed by atoms with Crippen molar-refractivity contribution < 1.29 is 0 Å². The van der Waals surface area contributed by atoms with E-state index in [0.29, 0.717) is 12.0 Å². The molecule has 0 atom stereocenters. The monoisotopic (exact) mass is 373 g/mol. The van der Waals surface area contributed by atoms with Gasteiger partial charge in [-0.25, -0.2) is 9.50 Å². The van der Waals surface area contributed by atoms with Crippen LogP contribution in [-0.2, 0) is 0 Å². The Morgan fingerprint density at radius 3 is 2.75 bits per heavy atom. The van der Waals surface area contributed by atoms with E-state index < -0.39 is 0 Å². The van der Waals surface area contributed by atoms with Gasteiger partial charge in [0.25, 0.3) is 0 Å². The molecular weight excluding hydrogens is 350 g/mol. The van der Waals surface area contributed by atoms with E-state index in [-0.39, 0.29) is 0 Å². The number of nitrogens with zero attached hydrogens (tertiary/aromatic N) is 5. The van der Waals surface area contributed by atoms with Crippen LogP contribution in [0.25, 0.3) is 27.8 Å². The summed E-state index contributed by atoms with van der Waals surface area (Å²) < 4.78 is 1.88. The standard InChI is InChI=1S/C21H23N7/c1-22-20-19-15(16-9-10-17-18(25-16)8-5-12-23-17)11-13-28(19)27-21(26-20)24-14-6-3-2-4-7-14/h5,8-14H,2-4,6-7H2,1H3,(H2,22,24,26,27). The lowest BCUT2D eigenvalue weighted by Gasteiger charge is -2.23. The van der Waals surface area contributed by atoms with Crippen LogP contribution in [0.1, 0.15) is 32.1 Å². The SMILES string of the molecule is CNc1nc(NC2CCCCC2)nn2ccc(-c3ccc4ncccc4n3)c12. The zero-order chi connectivity index (χ0) is 18.9. The second-order valence-corrected chi connectivity index (χ2v) is 7.27. The van der Waals surface area contributed by atoms with Gasteiger partial charge < -0.3 is 10.6 Å². The van der Waals surface area contributed by atoms with E-state index in [1.165, 1.54) is 32.1 Å². The Hall–Kier alpha value is -3.22. The number of nitrogens with one attached hydrogen (secondary N) is 2. The van der Waals surface area contributed by atoms with Crippen LogP contribution in [0.4, 0.5) is 11.8 Å². The number of fused-ring (bicyclic) bond motifs is 2. The van der Waals surface area contributed by atoms with E-state index in [4.69, 9.17) is 15.1 Å². The quantitative estimate of drug-likeness (QED) is 0.560. The van der Waals surface area contributed by atoms with Crippen LogP contribution in [-0.4, -0.2) is 37.7 Å². The van der Waals surface area contributed by atoms with Crippen LogP contribution in [0.15, 0.2) is 42.7 Å². The van der Waals surface area contributed by atoms with Crippen LogP contribution in [0.3, 0.4) is 0 Å². The van der Waals surface area contributed by atoms with Crippen molar-refractivity contribution in [2.24, 2.45) is 0 Å². The minimum Gasteiger partial charge on any atom is -0.371 e. The highest BCUT2D eigenvalue weighted by atomic mass is 15.3. The van der Waals surface area contributed by atoms with Crippen LogP contribution in [0.5, 0.6) is 0 Å². The average Bonchev–Trinajstić information content (AvgIpc) is 3.17. The summed E-state index contributed by atoms with van der Waals surface area (Å²) in [6.07, 6.45) is 9.99. The van der Waals surface area contributed by atoms with Gasteiger partial charge >= 0.3 is 0 Å². The summed E-state index contributed by atoms with van der Waals surface area (Å²) in [4.78, 5) is 13.9. The second-order valence-electron chi connectivity index (χ2n) is 7.27. The number of hydrogen-bond donors (Lipinski definition) is 2. The highest BCUT2D eigenvalue weighted by Crippen LogP contribution is 2.30. The molecule has 1 fully saturated rings. The fourth-order valence-corrected chi connectivity index (χ4v) is 4.00. The summed E-state index contributed by atoms with van der Waals surface area (Å²) in [6.45, 7) is 0. The Morgan fingerprint density at radius 2 is 1.89 bits per heavy atom. The molecule has 4 heterocycles. The van der Waals surface area contributed by atoms with Gasteiger partial charge in [0.15, 0.2) is 5.82 Å². The Kier molecular flexibility index (Phi) is 4.27. The van der Waals surface area contributed by atoms with Gasteiger partial charge in [-0.2, -0.15) is 4.98 Å². The van der Waals surface area contributed by atoms with Crippen LogP contribution in [0, 0.1) is 0 Å². The minimum atomic E-state index is 0.459. The molecular formula is C21H23N7. The molecule has 0 amide bonds. The van der Waals surface area contributed by atoms with Gasteiger partial charge in [0.2, 0.25) is 5.95 Å². The van der Waals surface area contributed by atoms with Gasteiger partial charge in [-0.3, -0.25) is 4.98 Å². The Morgan fingerprint density at radius 1 is 1.00 bits per heavy atom. The molecule has 0 aliphatic heterocycles. The van der Waals surface area contributed by atoms with Crippen LogP contribution >= 0.6 is 0 Å². The number of aromatic nitrogens is 5. The lowest BCUT2D eigenvalue weighted by atomic mass is 9.96. The molecule has 2 N–H and O–H groups in total. The van der Waals surface area contributed by atoms with E-state index in [1.807, 2.05) is 48.1 Å². The third-order valence-corrected chi connectivity index (χ3v) is 5.42. The molecule has 28 heavy (non-hydrogen) atoms. The number of pyridine rings is 2. The fraction of sp³-hybridized carbons (Fsp3) is 0.333. The topological polar surface area (TPSA) is 80.0 Å². The highest BCUT2D eigenvalue weighted by Gasteiger charge is 2.18. The van der Waals surface area contributed by atoms with Gasteiger partial charge in [0.1, 0.15) is 5.52 Å². The Labute approximate surface area is 163 Å². The van der Waals surface area contributed by atoms with Gasteiger partial charge in [0, 0.05) is 31.0 Å². The normalized spacial score (nSPS) is 15.2. The molecule has 1 aliphatic rings. The number of anilines is 2. The summed E-state index contributed by atoms with van der Waals surface area (Å²) >= 11 is 0. The van der Waals surface area contributed by atoms with Crippen molar-refractivity contribution in [3.63, 3.8) is 0 Å². The first-order chi connectivity index (χ1) is 13.8. The molecule has 142 valence electrons. The molecule has 5 rings (SSSR count). The van der Waals surface area contributed by atoms with Crippen molar-refractivity contribution in [3.05, 3.63) is 42.7 Å². The predicted octanol–water partition coefficient (Wildman–Crippen LogP) is 4.13. The summed E-state index contributed by atoms with van der Waals surface area (Å²) in [7, 11) is 1.89. The molecule has 7 heteroatoms. The molecule has 1 saturated carbocycles. The molecule has 0 radical (unpaired) electrons. The lowest BCUT2D eigenvalue weighted by molar-refractivity contribution is 0.460. The van der Waals surface area contributed by atoms with Crippen molar-refractivity contribution in [2.45, 2.75) is 38.1 Å². The maximum Gasteiger partial charge on any atom is 0.243 e. The summed E-state index contributed by atoms with van der Waals surface area (Å²) in [5, 5.41) is 11.4. The third kappa shape index (κ3) is 3.02. The first-order valence-corrected chi connectivity index (χ1v) is 9.87. The minimum absolute atomic E-state index is 0.459. The van der Waals surface area contributed by atoms with Crippen molar-refractivity contribution in [1.82, 2.24) is 24.6 Å². The summed E-state index contributed by atoms with van der Waals surface area (Å²) in [5.41, 5.74) is 4.57. The molecule has 0 bridgehead atoms. The highest BCUT2D eigenvalue weighted by molar-refractivity contribution is 5.89. The molecule has 0 aromatic carbocycles. The molecule has 4 aromatic rings. The fourth-order valence-electron chi connectivity index (χ4n) is 4.00. The predicted molar refractivity (Wildman–Crippen MR) is 112 cm³/mol. The van der Waals surface area contributed by atoms with Crippen LogP contribution < -0.4 is 10.6 Å². The van der Waals surface area contributed by atoms with E-state index in [9.17, 15) is 0 Å². The zero-order valence-electron chi connectivity index (χ0n) is 15.9. The molecule has 7 nitrogen and oxygen atoms in total.